The summed E-state index contributed by atoms with van der Waals surface area (Å²) in [6, 6.07) is 6.27. The Balaban J connectivity index is 2.06. The Bertz CT molecular complexity index is 988. The SMILES string of the molecule is Cc1cc(N2C(=O)NC(=O)/C(=C\c3cc(C)n(C)c3C)C2=O)ccc1Br. The fourth-order valence-corrected chi connectivity index (χ4v) is 3.09. The molecule has 26 heavy (non-hydrogen) atoms. The van der Waals surface area contributed by atoms with Crippen LogP contribution in [0.4, 0.5) is 10.5 Å². The number of rotatable bonds is 2. The molecule has 134 valence electrons. The lowest BCUT2D eigenvalue weighted by Crippen LogP contribution is -2.54. The summed E-state index contributed by atoms with van der Waals surface area (Å²) in [5, 5.41) is 2.24. The summed E-state index contributed by atoms with van der Waals surface area (Å²) in [5.74, 6) is -1.33. The topological polar surface area (TPSA) is 71.4 Å². The highest BCUT2D eigenvalue weighted by molar-refractivity contribution is 9.10. The van der Waals surface area contributed by atoms with Gasteiger partial charge in [-0.2, -0.15) is 0 Å². The van der Waals surface area contributed by atoms with E-state index in [-0.39, 0.29) is 5.57 Å². The van der Waals surface area contributed by atoms with E-state index in [9.17, 15) is 14.4 Å². The van der Waals surface area contributed by atoms with Crippen molar-refractivity contribution in [1.82, 2.24) is 9.88 Å². The first-order chi connectivity index (χ1) is 12.2. The van der Waals surface area contributed by atoms with E-state index in [2.05, 4.69) is 21.2 Å². The summed E-state index contributed by atoms with van der Waals surface area (Å²) in [5.41, 5.74) is 3.92. The van der Waals surface area contributed by atoms with E-state index in [1.807, 2.05) is 38.5 Å². The van der Waals surface area contributed by atoms with Crippen LogP contribution in [0.25, 0.3) is 6.08 Å². The molecule has 1 aliphatic heterocycles. The van der Waals surface area contributed by atoms with Crippen molar-refractivity contribution in [3.05, 3.63) is 56.8 Å². The minimum atomic E-state index is -0.750. The number of aromatic nitrogens is 1. The Morgan fingerprint density at radius 1 is 1.08 bits per heavy atom. The largest absolute Gasteiger partial charge is 0.352 e. The van der Waals surface area contributed by atoms with Crippen LogP contribution in [0.15, 0.2) is 34.3 Å². The van der Waals surface area contributed by atoms with E-state index in [0.29, 0.717) is 5.69 Å². The highest BCUT2D eigenvalue weighted by Gasteiger charge is 2.37. The summed E-state index contributed by atoms with van der Waals surface area (Å²) in [4.78, 5) is 38.4. The Morgan fingerprint density at radius 3 is 2.35 bits per heavy atom. The molecule has 1 fully saturated rings. The van der Waals surface area contributed by atoms with E-state index in [4.69, 9.17) is 0 Å². The highest BCUT2D eigenvalue weighted by atomic mass is 79.9. The first-order valence-corrected chi connectivity index (χ1v) is 8.80. The standard InChI is InChI=1S/C19H18BrN3O3/c1-10-7-14(5-6-16(10)20)23-18(25)15(17(24)21-19(23)26)9-13-8-11(2)22(4)12(13)3/h5-9H,1-4H3,(H,21,24,26)/b15-9+. The summed E-state index contributed by atoms with van der Waals surface area (Å²) in [6.07, 6.45) is 1.53. The van der Waals surface area contributed by atoms with Gasteiger partial charge in [0.1, 0.15) is 5.57 Å². The highest BCUT2D eigenvalue weighted by Crippen LogP contribution is 2.27. The van der Waals surface area contributed by atoms with Gasteiger partial charge in [-0.15, -0.1) is 0 Å². The fraction of sp³-hybridized carbons (Fsp3) is 0.211. The first-order valence-electron chi connectivity index (χ1n) is 8.01. The molecule has 3 rings (SSSR count). The average molecular weight is 416 g/mol. The number of halogens is 1. The molecule has 4 amide bonds. The van der Waals surface area contributed by atoms with Gasteiger partial charge in [0.05, 0.1) is 5.69 Å². The van der Waals surface area contributed by atoms with Crippen LogP contribution < -0.4 is 10.2 Å². The lowest BCUT2D eigenvalue weighted by molar-refractivity contribution is -0.122. The van der Waals surface area contributed by atoms with Crippen molar-refractivity contribution in [2.45, 2.75) is 20.8 Å². The van der Waals surface area contributed by atoms with Crippen LogP contribution in [-0.4, -0.2) is 22.4 Å². The van der Waals surface area contributed by atoms with Crippen LogP contribution in [-0.2, 0) is 16.6 Å². The molecule has 2 heterocycles. The molecule has 1 aromatic heterocycles. The van der Waals surface area contributed by atoms with Crippen LogP contribution >= 0.6 is 15.9 Å². The van der Waals surface area contributed by atoms with Crippen molar-refractivity contribution in [2.75, 3.05) is 4.90 Å². The molecule has 0 saturated carbocycles. The van der Waals surface area contributed by atoms with Gasteiger partial charge in [0.25, 0.3) is 11.8 Å². The number of amides is 4. The number of carbonyl (C=O) groups excluding carboxylic acids is 3. The minimum Gasteiger partial charge on any atom is -0.352 e. The lowest BCUT2D eigenvalue weighted by atomic mass is 10.1. The predicted octanol–water partition coefficient (Wildman–Crippen LogP) is 3.38. The maximum absolute atomic E-state index is 12.9. The molecule has 2 aromatic rings. The summed E-state index contributed by atoms with van der Waals surface area (Å²) >= 11 is 3.39. The van der Waals surface area contributed by atoms with Crippen molar-refractivity contribution >= 4 is 45.5 Å². The zero-order valence-electron chi connectivity index (χ0n) is 14.9. The van der Waals surface area contributed by atoms with Gasteiger partial charge in [-0.25, -0.2) is 9.69 Å². The molecular weight excluding hydrogens is 398 g/mol. The molecule has 7 heteroatoms. The number of imide groups is 2. The van der Waals surface area contributed by atoms with Crippen molar-refractivity contribution in [1.29, 1.82) is 0 Å². The normalized spacial score (nSPS) is 16.4. The zero-order chi connectivity index (χ0) is 19.2. The maximum atomic E-state index is 12.9. The molecule has 1 N–H and O–H groups in total. The number of hydrogen-bond donors (Lipinski definition) is 1. The van der Waals surface area contributed by atoms with Gasteiger partial charge in [-0.1, -0.05) is 15.9 Å². The Morgan fingerprint density at radius 2 is 1.77 bits per heavy atom. The van der Waals surface area contributed by atoms with E-state index in [1.165, 1.54) is 6.08 Å². The zero-order valence-corrected chi connectivity index (χ0v) is 16.5. The van der Waals surface area contributed by atoms with Gasteiger partial charge in [0.15, 0.2) is 0 Å². The van der Waals surface area contributed by atoms with Crippen LogP contribution in [0.5, 0.6) is 0 Å². The first kappa shape index (κ1) is 18.1. The molecule has 0 atom stereocenters. The second kappa shape index (κ2) is 6.57. The Labute approximate surface area is 159 Å². The molecule has 0 unspecified atom stereocenters. The van der Waals surface area contributed by atoms with E-state index in [0.717, 1.165) is 31.9 Å². The van der Waals surface area contributed by atoms with Gasteiger partial charge in [-0.05, 0) is 62.2 Å². The van der Waals surface area contributed by atoms with Crippen molar-refractivity contribution in [3.8, 4) is 0 Å². The molecule has 1 aliphatic rings. The number of urea groups is 1. The number of aryl methyl sites for hydroxylation is 2. The van der Waals surface area contributed by atoms with Crippen molar-refractivity contribution in [3.63, 3.8) is 0 Å². The minimum absolute atomic E-state index is 0.0705. The van der Waals surface area contributed by atoms with Crippen molar-refractivity contribution in [2.24, 2.45) is 7.05 Å². The van der Waals surface area contributed by atoms with Gasteiger partial charge in [0.2, 0.25) is 0 Å². The third-order valence-corrected chi connectivity index (χ3v) is 5.51. The Hall–Kier alpha value is -2.67. The van der Waals surface area contributed by atoms with Gasteiger partial charge in [-0.3, -0.25) is 14.9 Å². The van der Waals surface area contributed by atoms with Crippen LogP contribution in [0, 0.1) is 20.8 Å². The third kappa shape index (κ3) is 2.99. The van der Waals surface area contributed by atoms with Gasteiger partial charge in [0, 0.05) is 22.9 Å². The average Bonchev–Trinajstić information content (AvgIpc) is 2.81. The van der Waals surface area contributed by atoms with Gasteiger partial charge < -0.3 is 4.57 Å². The van der Waals surface area contributed by atoms with E-state index >= 15 is 0 Å². The molecule has 6 nitrogen and oxygen atoms in total. The number of anilines is 1. The number of benzene rings is 1. The quantitative estimate of drug-likeness (QED) is 0.603. The number of carbonyl (C=O) groups is 3. The van der Waals surface area contributed by atoms with E-state index < -0.39 is 17.8 Å². The van der Waals surface area contributed by atoms with E-state index in [1.54, 1.807) is 18.2 Å². The number of nitrogens with zero attached hydrogens (tertiary/aromatic N) is 2. The number of nitrogens with one attached hydrogen (secondary N) is 1. The van der Waals surface area contributed by atoms with Gasteiger partial charge >= 0.3 is 6.03 Å². The van der Waals surface area contributed by atoms with Crippen LogP contribution in [0.2, 0.25) is 0 Å². The van der Waals surface area contributed by atoms with Crippen LogP contribution in [0.3, 0.4) is 0 Å². The Kier molecular flexibility index (Phi) is 4.58. The molecule has 0 radical (unpaired) electrons. The molecule has 0 aliphatic carbocycles. The molecule has 0 spiro atoms. The van der Waals surface area contributed by atoms with Crippen molar-refractivity contribution < 1.29 is 14.4 Å². The fourth-order valence-electron chi connectivity index (χ4n) is 2.85. The predicted molar refractivity (Wildman–Crippen MR) is 103 cm³/mol. The molecule has 1 aromatic carbocycles. The second-order valence-electron chi connectivity index (χ2n) is 6.28. The smallest absolute Gasteiger partial charge is 0.335 e. The van der Waals surface area contributed by atoms with Crippen LogP contribution in [0.1, 0.15) is 22.5 Å². The maximum Gasteiger partial charge on any atom is 0.335 e. The molecular formula is C19H18BrN3O3. The third-order valence-electron chi connectivity index (χ3n) is 4.62. The number of hydrogen-bond acceptors (Lipinski definition) is 3. The monoisotopic (exact) mass is 415 g/mol. The summed E-state index contributed by atoms with van der Waals surface area (Å²) < 4.78 is 2.84. The molecule has 1 saturated heterocycles. The molecule has 0 bridgehead atoms. The second-order valence-corrected chi connectivity index (χ2v) is 7.13. The summed E-state index contributed by atoms with van der Waals surface area (Å²) in [6.45, 7) is 5.71. The lowest BCUT2D eigenvalue weighted by Gasteiger charge is -2.26. The number of barbiturate groups is 1. The summed E-state index contributed by atoms with van der Waals surface area (Å²) in [7, 11) is 1.91.